The zero-order valence-corrected chi connectivity index (χ0v) is 14.5. The molecule has 0 N–H and O–H groups in total. The third-order valence-corrected chi connectivity index (χ3v) is 3.50. The lowest BCUT2D eigenvalue weighted by atomic mass is 10.1. The van der Waals surface area contributed by atoms with Crippen molar-refractivity contribution in [3.8, 4) is 0 Å². The molecule has 0 aliphatic heterocycles. The molecule has 0 heterocycles. The molecule has 0 bridgehead atoms. The first-order valence-electron chi connectivity index (χ1n) is 7.79. The van der Waals surface area contributed by atoms with Crippen LogP contribution in [-0.2, 0) is 20.7 Å². The van der Waals surface area contributed by atoms with Gasteiger partial charge in [0.2, 0.25) is 0 Å². The van der Waals surface area contributed by atoms with Gasteiger partial charge in [0.05, 0.1) is 19.3 Å². The molecular weight excluding hydrogens is 278 g/mol. The Balaban J connectivity index is 2.48. The van der Waals surface area contributed by atoms with Gasteiger partial charge >= 0.3 is 5.97 Å². The van der Waals surface area contributed by atoms with E-state index in [-0.39, 0.29) is 17.6 Å². The van der Waals surface area contributed by atoms with Crippen LogP contribution in [0.1, 0.15) is 32.8 Å². The second kappa shape index (κ2) is 8.91. The summed E-state index contributed by atoms with van der Waals surface area (Å²) in [5, 5.41) is 0. The fourth-order valence-corrected chi connectivity index (χ4v) is 2.17. The monoisotopic (exact) mass is 307 g/mol. The molecular formula is C18H29NO3. The number of nitrogens with zero attached hydrogens (tertiary/aromatic N) is 1. The topological polar surface area (TPSA) is 38.8 Å². The zero-order valence-electron chi connectivity index (χ0n) is 14.5. The zero-order chi connectivity index (χ0) is 16.6. The van der Waals surface area contributed by atoms with Crippen LogP contribution in [0.25, 0.3) is 0 Å². The van der Waals surface area contributed by atoms with Crippen molar-refractivity contribution in [3.63, 3.8) is 0 Å². The first-order valence-corrected chi connectivity index (χ1v) is 7.79. The third-order valence-electron chi connectivity index (χ3n) is 3.50. The molecule has 1 aromatic carbocycles. The largest absolute Gasteiger partial charge is 0.468 e. The van der Waals surface area contributed by atoms with Gasteiger partial charge in [0.1, 0.15) is 6.04 Å². The molecule has 0 aromatic heterocycles. The number of likely N-dealkylation sites (N-methyl/N-ethyl adjacent to an activating group) is 1. The van der Waals surface area contributed by atoms with Gasteiger partial charge in [-0.1, -0.05) is 30.3 Å². The molecule has 0 aliphatic carbocycles. The standard InChI is InChI=1S/C18H29NO3/c1-18(2,3)22-14-16(17(20)21-5)19(4)13-9-12-15-10-7-6-8-11-15/h6-8,10-11,16H,9,12-14H2,1-5H3/t16-/m1/s1. The lowest BCUT2D eigenvalue weighted by Gasteiger charge is -2.29. The van der Waals surface area contributed by atoms with Gasteiger partial charge in [-0.3, -0.25) is 9.69 Å². The van der Waals surface area contributed by atoms with Crippen molar-refractivity contribution in [2.75, 3.05) is 27.3 Å². The van der Waals surface area contributed by atoms with Gasteiger partial charge in [0.15, 0.2) is 0 Å². The van der Waals surface area contributed by atoms with Gasteiger partial charge in [-0.15, -0.1) is 0 Å². The lowest BCUT2D eigenvalue weighted by Crippen LogP contribution is -2.44. The van der Waals surface area contributed by atoms with E-state index < -0.39 is 0 Å². The molecule has 4 heteroatoms. The van der Waals surface area contributed by atoms with E-state index in [4.69, 9.17) is 9.47 Å². The molecule has 0 unspecified atom stereocenters. The first kappa shape index (κ1) is 18.7. The van der Waals surface area contributed by atoms with Crippen molar-refractivity contribution in [1.29, 1.82) is 0 Å². The highest BCUT2D eigenvalue weighted by molar-refractivity contribution is 5.75. The summed E-state index contributed by atoms with van der Waals surface area (Å²) in [4.78, 5) is 14.0. The average Bonchev–Trinajstić information content (AvgIpc) is 2.47. The minimum Gasteiger partial charge on any atom is -0.468 e. The fraction of sp³-hybridized carbons (Fsp3) is 0.611. The minimum absolute atomic E-state index is 0.244. The number of hydrogen-bond acceptors (Lipinski definition) is 4. The van der Waals surface area contributed by atoms with Crippen molar-refractivity contribution in [2.24, 2.45) is 0 Å². The third kappa shape index (κ3) is 7.05. The summed E-state index contributed by atoms with van der Waals surface area (Å²) in [5.41, 5.74) is 1.05. The highest BCUT2D eigenvalue weighted by atomic mass is 16.5. The maximum atomic E-state index is 12.0. The Morgan fingerprint density at radius 3 is 2.41 bits per heavy atom. The second-order valence-electron chi connectivity index (χ2n) is 6.53. The number of carbonyl (C=O) groups excluding carboxylic acids is 1. The molecule has 0 amide bonds. The van der Waals surface area contributed by atoms with E-state index in [2.05, 4.69) is 12.1 Å². The summed E-state index contributed by atoms with van der Waals surface area (Å²) in [6.07, 6.45) is 1.99. The SMILES string of the molecule is COC(=O)[C@@H](COC(C)(C)C)N(C)CCCc1ccccc1. The number of benzene rings is 1. The molecule has 124 valence electrons. The Labute approximate surface area is 134 Å². The summed E-state index contributed by atoms with van der Waals surface area (Å²) in [6.45, 7) is 7.12. The summed E-state index contributed by atoms with van der Waals surface area (Å²) >= 11 is 0. The number of esters is 1. The van der Waals surface area contributed by atoms with E-state index in [9.17, 15) is 4.79 Å². The van der Waals surface area contributed by atoms with Gasteiger partial charge in [0, 0.05) is 0 Å². The molecule has 1 atom stereocenters. The van der Waals surface area contributed by atoms with Gasteiger partial charge in [-0.05, 0) is 52.8 Å². The summed E-state index contributed by atoms with van der Waals surface area (Å²) < 4.78 is 10.7. The minimum atomic E-state index is -0.361. The van der Waals surface area contributed by atoms with Crippen LogP contribution in [0.4, 0.5) is 0 Å². The smallest absolute Gasteiger partial charge is 0.325 e. The Morgan fingerprint density at radius 1 is 1.23 bits per heavy atom. The molecule has 0 saturated heterocycles. The van der Waals surface area contributed by atoms with Gasteiger partial charge < -0.3 is 9.47 Å². The number of methoxy groups -OCH3 is 1. The molecule has 1 aromatic rings. The van der Waals surface area contributed by atoms with E-state index >= 15 is 0 Å². The van der Waals surface area contributed by atoms with Gasteiger partial charge in [-0.2, -0.15) is 0 Å². The highest BCUT2D eigenvalue weighted by Crippen LogP contribution is 2.11. The Morgan fingerprint density at radius 2 is 1.86 bits per heavy atom. The van der Waals surface area contributed by atoms with Crippen LogP contribution < -0.4 is 0 Å². The van der Waals surface area contributed by atoms with Crippen LogP contribution in [0.2, 0.25) is 0 Å². The quantitative estimate of drug-likeness (QED) is 0.692. The van der Waals surface area contributed by atoms with Crippen molar-refractivity contribution in [1.82, 2.24) is 4.90 Å². The fourth-order valence-electron chi connectivity index (χ4n) is 2.17. The molecule has 0 saturated carbocycles. The number of aryl methyl sites for hydroxylation is 1. The van der Waals surface area contributed by atoms with Crippen molar-refractivity contribution >= 4 is 5.97 Å². The predicted molar refractivity (Wildman–Crippen MR) is 88.9 cm³/mol. The maximum absolute atomic E-state index is 12.0. The molecule has 0 aliphatic rings. The average molecular weight is 307 g/mol. The molecule has 0 spiro atoms. The molecule has 0 radical (unpaired) electrons. The Kier molecular flexibility index (Phi) is 7.56. The summed E-state index contributed by atoms with van der Waals surface area (Å²) in [6, 6.07) is 10.0. The maximum Gasteiger partial charge on any atom is 0.325 e. The van der Waals surface area contributed by atoms with E-state index in [0.717, 1.165) is 19.4 Å². The summed E-state index contributed by atoms with van der Waals surface area (Å²) in [7, 11) is 3.36. The number of ether oxygens (including phenoxy) is 2. The lowest BCUT2D eigenvalue weighted by molar-refractivity contribution is -0.151. The molecule has 1 rings (SSSR count). The van der Waals surface area contributed by atoms with Crippen molar-refractivity contribution in [2.45, 2.75) is 45.3 Å². The predicted octanol–water partition coefficient (Wildman–Crippen LogP) is 2.91. The van der Waals surface area contributed by atoms with Crippen LogP contribution >= 0.6 is 0 Å². The second-order valence-corrected chi connectivity index (χ2v) is 6.53. The summed E-state index contributed by atoms with van der Waals surface area (Å²) in [5.74, 6) is -0.244. The van der Waals surface area contributed by atoms with Crippen molar-refractivity contribution in [3.05, 3.63) is 35.9 Å². The van der Waals surface area contributed by atoms with Gasteiger partial charge in [-0.25, -0.2) is 0 Å². The normalized spacial score (nSPS) is 13.2. The Hall–Kier alpha value is -1.39. The molecule has 22 heavy (non-hydrogen) atoms. The van der Waals surface area contributed by atoms with E-state index in [0.29, 0.717) is 6.61 Å². The first-order chi connectivity index (χ1) is 10.3. The Bertz CT molecular complexity index is 439. The molecule has 4 nitrogen and oxygen atoms in total. The molecule has 0 fully saturated rings. The van der Waals surface area contributed by atoms with Crippen LogP contribution in [0.5, 0.6) is 0 Å². The van der Waals surface area contributed by atoms with E-state index in [1.807, 2.05) is 50.9 Å². The number of carbonyl (C=O) groups is 1. The number of hydrogen-bond donors (Lipinski definition) is 0. The van der Waals surface area contributed by atoms with Crippen LogP contribution in [0, 0.1) is 0 Å². The van der Waals surface area contributed by atoms with Crippen LogP contribution in [0.3, 0.4) is 0 Å². The van der Waals surface area contributed by atoms with Gasteiger partial charge in [0.25, 0.3) is 0 Å². The van der Waals surface area contributed by atoms with Crippen LogP contribution in [-0.4, -0.2) is 49.8 Å². The highest BCUT2D eigenvalue weighted by Gasteiger charge is 2.26. The van der Waals surface area contributed by atoms with Crippen LogP contribution in [0.15, 0.2) is 30.3 Å². The van der Waals surface area contributed by atoms with E-state index in [1.165, 1.54) is 12.7 Å². The van der Waals surface area contributed by atoms with E-state index in [1.54, 1.807) is 0 Å². The number of rotatable bonds is 8. The van der Waals surface area contributed by atoms with Crippen molar-refractivity contribution < 1.29 is 14.3 Å².